The lowest BCUT2D eigenvalue weighted by Gasteiger charge is -2.25. The SMILES string of the molecule is C=CCN1C(=O)NC(=O)/C(=C\c2cn(Cc3ccc(Br)cc3)c3ccccc23)C1=O. The van der Waals surface area contributed by atoms with E-state index in [-0.39, 0.29) is 12.1 Å². The van der Waals surface area contributed by atoms with Crippen LogP contribution in [0.3, 0.4) is 0 Å². The summed E-state index contributed by atoms with van der Waals surface area (Å²) in [5.74, 6) is -1.33. The van der Waals surface area contributed by atoms with Crippen LogP contribution in [0.15, 0.2) is 77.4 Å². The number of hydrogen-bond acceptors (Lipinski definition) is 3. The number of carbonyl (C=O) groups excluding carboxylic acids is 3. The van der Waals surface area contributed by atoms with Crippen LogP contribution in [-0.4, -0.2) is 33.9 Å². The second kappa shape index (κ2) is 8.12. The van der Waals surface area contributed by atoms with E-state index in [2.05, 4.69) is 32.4 Å². The molecule has 0 spiro atoms. The molecular weight excluding hydrogens is 446 g/mol. The van der Waals surface area contributed by atoms with Crippen molar-refractivity contribution in [2.75, 3.05) is 6.54 Å². The maximum absolute atomic E-state index is 12.7. The molecule has 4 rings (SSSR count). The fraction of sp³-hybridized carbons (Fsp3) is 0.0870. The number of nitrogens with one attached hydrogen (secondary N) is 1. The number of imide groups is 2. The molecule has 150 valence electrons. The Labute approximate surface area is 181 Å². The van der Waals surface area contributed by atoms with E-state index in [1.165, 1.54) is 6.08 Å². The third-order valence-electron chi connectivity index (χ3n) is 4.88. The average molecular weight is 464 g/mol. The number of rotatable bonds is 5. The summed E-state index contributed by atoms with van der Waals surface area (Å²) in [4.78, 5) is 38.0. The maximum Gasteiger partial charge on any atom is 0.331 e. The van der Waals surface area contributed by atoms with Crippen LogP contribution in [0.4, 0.5) is 4.79 Å². The minimum Gasteiger partial charge on any atom is -0.342 e. The Morgan fingerprint density at radius 3 is 2.50 bits per heavy atom. The minimum atomic E-state index is -0.736. The van der Waals surface area contributed by atoms with Crippen molar-refractivity contribution in [3.8, 4) is 0 Å². The number of aromatic nitrogens is 1. The van der Waals surface area contributed by atoms with E-state index in [0.29, 0.717) is 6.54 Å². The summed E-state index contributed by atoms with van der Waals surface area (Å²) < 4.78 is 3.08. The van der Waals surface area contributed by atoms with E-state index in [9.17, 15) is 14.4 Å². The lowest BCUT2D eigenvalue weighted by Crippen LogP contribution is -2.54. The van der Waals surface area contributed by atoms with Crippen LogP contribution < -0.4 is 5.32 Å². The molecule has 0 atom stereocenters. The van der Waals surface area contributed by atoms with Crippen molar-refractivity contribution in [3.05, 3.63) is 88.6 Å². The molecule has 4 amide bonds. The molecule has 0 aliphatic carbocycles. The molecule has 2 heterocycles. The van der Waals surface area contributed by atoms with Crippen molar-refractivity contribution in [2.24, 2.45) is 0 Å². The topological polar surface area (TPSA) is 71.4 Å². The highest BCUT2D eigenvalue weighted by Gasteiger charge is 2.35. The Morgan fingerprint density at radius 2 is 1.77 bits per heavy atom. The largest absolute Gasteiger partial charge is 0.342 e. The number of hydrogen-bond donors (Lipinski definition) is 1. The zero-order valence-corrected chi connectivity index (χ0v) is 17.6. The van der Waals surface area contributed by atoms with Gasteiger partial charge in [0.25, 0.3) is 11.8 Å². The molecule has 1 saturated heterocycles. The Bertz CT molecular complexity index is 1210. The van der Waals surface area contributed by atoms with Crippen molar-refractivity contribution < 1.29 is 14.4 Å². The van der Waals surface area contributed by atoms with E-state index >= 15 is 0 Å². The standard InChI is InChI=1S/C23H18BrN3O3/c1-2-11-27-22(29)19(21(28)25-23(27)30)12-16-14-26(20-6-4-3-5-18(16)20)13-15-7-9-17(24)10-8-15/h2-10,12,14H,1,11,13H2,(H,25,28,30)/b19-12+. The van der Waals surface area contributed by atoms with Gasteiger partial charge in [0.1, 0.15) is 5.57 Å². The van der Waals surface area contributed by atoms with Gasteiger partial charge in [-0.1, -0.05) is 52.3 Å². The number of benzene rings is 2. The van der Waals surface area contributed by atoms with Crippen molar-refractivity contribution in [1.29, 1.82) is 0 Å². The number of fused-ring (bicyclic) bond motifs is 1. The number of para-hydroxylation sites is 1. The normalized spacial score (nSPS) is 15.7. The predicted octanol–water partition coefficient (Wildman–Crippen LogP) is 4.10. The van der Waals surface area contributed by atoms with E-state index < -0.39 is 17.8 Å². The lowest BCUT2D eigenvalue weighted by molar-refractivity contribution is -0.129. The number of nitrogens with zero attached hydrogens (tertiary/aromatic N) is 2. The van der Waals surface area contributed by atoms with Gasteiger partial charge in [-0.15, -0.1) is 6.58 Å². The Morgan fingerprint density at radius 1 is 1.03 bits per heavy atom. The van der Waals surface area contributed by atoms with Crippen molar-refractivity contribution in [1.82, 2.24) is 14.8 Å². The van der Waals surface area contributed by atoms with Crippen LogP contribution in [-0.2, 0) is 16.1 Å². The fourth-order valence-electron chi connectivity index (χ4n) is 3.45. The van der Waals surface area contributed by atoms with Gasteiger partial charge in [-0.3, -0.25) is 19.8 Å². The number of barbiturate groups is 1. The highest BCUT2D eigenvalue weighted by atomic mass is 79.9. The third-order valence-corrected chi connectivity index (χ3v) is 5.41. The summed E-state index contributed by atoms with van der Waals surface area (Å²) in [6, 6.07) is 15.1. The molecule has 0 unspecified atom stereocenters. The van der Waals surface area contributed by atoms with Gasteiger partial charge >= 0.3 is 6.03 Å². The monoisotopic (exact) mass is 463 g/mol. The third kappa shape index (κ3) is 3.71. The highest BCUT2D eigenvalue weighted by molar-refractivity contribution is 9.10. The molecule has 1 N–H and O–H groups in total. The molecule has 2 aromatic carbocycles. The van der Waals surface area contributed by atoms with Crippen molar-refractivity contribution in [2.45, 2.75) is 6.54 Å². The van der Waals surface area contributed by atoms with Crippen LogP contribution in [0.25, 0.3) is 17.0 Å². The van der Waals surface area contributed by atoms with Crippen LogP contribution >= 0.6 is 15.9 Å². The quantitative estimate of drug-likeness (QED) is 0.351. The van der Waals surface area contributed by atoms with Gasteiger partial charge in [-0.05, 0) is 29.8 Å². The number of carbonyl (C=O) groups is 3. The summed E-state index contributed by atoms with van der Waals surface area (Å²) in [5, 5.41) is 3.13. The summed E-state index contributed by atoms with van der Waals surface area (Å²) in [6.07, 6.45) is 4.89. The first kappa shape index (κ1) is 19.8. The zero-order valence-electron chi connectivity index (χ0n) is 16.0. The first-order valence-corrected chi connectivity index (χ1v) is 10.1. The van der Waals surface area contributed by atoms with Gasteiger partial charge in [0, 0.05) is 40.2 Å². The van der Waals surface area contributed by atoms with E-state index in [1.807, 2.05) is 54.7 Å². The van der Waals surface area contributed by atoms with Crippen LogP contribution in [0, 0.1) is 0 Å². The summed E-state index contributed by atoms with van der Waals surface area (Å²) in [6.45, 7) is 4.22. The van der Waals surface area contributed by atoms with Gasteiger partial charge in [0.2, 0.25) is 0 Å². The maximum atomic E-state index is 12.7. The molecule has 30 heavy (non-hydrogen) atoms. The average Bonchev–Trinajstić information content (AvgIpc) is 3.07. The summed E-state index contributed by atoms with van der Waals surface area (Å²) in [5.41, 5.74) is 2.75. The zero-order chi connectivity index (χ0) is 21.3. The van der Waals surface area contributed by atoms with Gasteiger partial charge in [-0.2, -0.15) is 0 Å². The van der Waals surface area contributed by atoms with Gasteiger partial charge < -0.3 is 4.57 Å². The smallest absolute Gasteiger partial charge is 0.331 e. The van der Waals surface area contributed by atoms with Gasteiger partial charge in [-0.25, -0.2) is 4.79 Å². The molecule has 6 nitrogen and oxygen atoms in total. The first-order valence-electron chi connectivity index (χ1n) is 9.30. The molecule has 1 aliphatic rings. The van der Waals surface area contributed by atoms with E-state index in [1.54, 1.807) is 6.08 Å². The number of amides is 4. The summed E-state index contributed by atoms with van der Waals surface area (Å²) in [7, 11) is 0. The van der Waals surface area contributed by atoms with Crippen molar-refractivity contribution >= 4 is 50.8 Å². The molecule has 0 saturated carbocycles. The number of urea groups is 1. The Hall–Kier alpha value is -3.45. The fourth-order valence-corrected chi connectivity index (χ4v) is 3.72. The summed E-state index contributed by atoms with van der Waals surface area (Å²) >= 11 is 3.44. The highest BCUT2D eigenvalue weighted by Crippen LogP contribution is 2.26. The van der Waals surface area contributed by atoms with Gasteiger partial charge in [0.15, 0.2) is 0 Å². The molecule has 3 aromatic rings. The predicted molar refractivity (Wildman–Crippen MR) is 119 cm³/mol. The number of halogens is 1. The van der Waals surface area contributed by atoms with Crippen LogP contribution in [0.5, 0.6) is 0 Å². The first-order chi connectivity index (χ1) is 14.5. The molecule has 1 aromatic heterocycles. The lowest BCUT2D eigenvalue weighted by atomic mass is 10.1. The molecule has 1 fully saturated rings. The molecule has 0 radical (unpaired) electrons. The molecule has 7 heteroatoms. The van der Waals surface area contributed by atoms with Crippen molar-refractivity contribution in [3.63, 3.8) is 0 Å². The van der Waals surface area contributed by atoms with Gasteiger partial charge in [0.05, 0.1) is 0 Å². The molecule has 1 aliphatic heterocycles. The molecule has 0 bridgehead atoms. The van der Waals surface area contributed by atoms with E-state index in [0.717, 1.165) is 31.4 Å². The van der Waals surface area contributed by atoms with E-state index in [4.69, 9.17) is 0 Å². The minimum absolute atomic E-state index is 0.0284. The van der Waals surface area contributed by atoms with Crippen LogP contribution in [0.1, 0.15) is 11.1 Å². The second-order valence-electron chi connectivity index (χ2n) is 6.88. The Balaban J connectivity index is 1.76. The van der Waals surface area contributed by atoms with Crippen LogP contribution in [0.2, 0.25) is 0 Å². The Kier molecular flexibility index (Phi) is 5.37. The molecular formula is C23H18BrN3O3. The second-order valence-corrected chi connectivity index (χ2v) is 7.79.